The second kappa shape index (κ2) is 9.93. The van der Waals surface area contributed by atoms with Crippen LogP contribution in [0.2, 0.25) is 0 Å². The molecule has 2 aromatic rings. The molecule has 1 saturated heterocycles. The predicted molar refractivity (Wildman–Crippen MR) is 113 cm³/mol. The molecule has 0 radical (unpaired) electrons. The molecule has 7 nitrogen and oxygen atoms in total. The summed E-state index contributed by atoms with van der Waals surface area (Å²) in [6, 6.07) is 12.8. The van der Waals surface area contributed by atoms with Crippen molar-refractivity contribution in [3.63, 3.8) is 0 Å². The van der Waals surface area contributed by atoms with Gasteiger partial charge in [-0.2, -0.15) is 0 Å². The average molecular weight is 397 g/mol. The van der Waals surface area contributed by atoms with Crippen LogP contribution < -0.4 is 20.1 Å². The molecule has 7 heteroatoms. The smallest absolute Gasteiger partial charge is 0.257 e. The van der Waals surface area contributed by atoms with E-state index in [1.165, 1.54) is 0 Å². The van der Waals surface area contributed by atoms with Gasteiger partial charge in [-0.3, -0.25) is 10.1 Å². The van der Waals surface area contributed by atoms with Crippen molar-refractivity contribution < 1.29 is 19.0 Å². The van der Waals surface area contributed by atoms with Crippen LogP contribution in [0.15, 0.2) is 47.5 Å². The summed E-state index contributed by atoms with van der Waals surface area (Å²) in [6.07, 6.45) is 2.07. The zero-order valence-corrected chi connectivity index (χ0v) is 17.0. The molecule has 0 aromatic heterocycles. The maximum atomic E-state index is 12.7. The number of aliphatic imine (C=N–C) groups is 1. The van der Waals surface area contributed by atoms with Crippen LogP contribution in [0.5, 0.6) is 11.5 Å². The van der Waals surface area contributed by atoms with E-state index in [1.54, 1.807) is 32.4 Å². The van der Waals surface area contributed by atoms with E-state index in [-0.39, 0.29) is 12.0 Å². The molecule has 0 saturated carbocycles. The van der Waals surface area contributed by atoms with Gasteiger partial charge in [0.25, 0.3) is 5.91 Å². The van der Waals surface area contributed by atoms with Gasteiger partial charge in [0, 0.05) is 36.1 Å². The molecule has 1 heterocycles. The minimum atomic E-state index is -0.238. The lowest BCUT2D eigenvalue weighted by Crippen LogP contribution is -2.36. The number of amides is 1. The Balaban J connectivity index is 1.79. The number of nitrogens with one attached hydrogen (secondary N) is 2. The molecule has 154 valence electrons. The van der Waals surface area contributed by atoms with Gasteiger partial charge in [0.15, 0.2) is 0 Å². The monoisotopic (exact) mass is 397 g/mol. The number of rotatable bonds is 6. The van der Waals surface area contributed by atoms with Crippen LogP contribution in [0.3, 0.4) is 0 Å². The van der Waals surface area contributed by atoms with Crippen molar-refractivity contribution in [2.24, 2.45) is 4.99 Å². The average Bonchev–Trinajstić information content (AvgIpc) is 3.25. The quantitative estimate of drug-likeness (QED) is 0.577. The van der Waals surface area contributed by atoms with E-state index in [2.05, 4.69) is 15.6 Å². The van der Waals surface area contributed by atoms with Crippen LogP contribution in [-0.4, -0.2) is 45.3 Å². The first-order chi connectivity index (χ1) is 14.1. The third-order valence-corrected chi connectivity index (χ3v) is 4.64. The molecule has 1 aliphatic rings. The highest BCUT2D eigenvalue weighted by Gasteiger charge is 2.16. The van der Waals surface area contributed by atoms with Gasteiger partial charge in [0.05, 0.1) is 26.9 Å². The Morgan fingerprint density at radius 2 is 1.83 bits per heavy atom. The molecule has 1 aliphatic heterocycles. The SMILES string of the molecule is COc1cc(NC(=NC[C@H]2CCCO2)NC(=O)c2ccc(C)cc2)cc(OC)c1. The number of ether oxygens (including phenoxy) is 3. The summed E-state index contributed by atoms with van der Waals surface area (Å²) in [5.74, 6) is 1.38. The van der Waals surface area contributed by atoms with Gasteiger partial charge in [-0.25, -0.2) is 4.99 Å². The van der Waals surface area contributed by atoms with Crippen LogP contribution in [0.4, 0.5) is 5.69 Å². The largest absolute Gasteiger partial charge is 0.497 e. The van der Waals surface area contributed by atoms with E-state index < -0.39 is 0 Å². The zero-order valence-electron chi connectivity index (χ0n) is 17.0. The van der Waals surface area contributed by atoms with Gasteiger partial charge in [-0.1, -0.05) is 17.7 Å². The fraction of sp³-hybridized carbons (Fsp3) is 0.364. The Morgan fingerprint density at radius 3 is 2.41 bits per heavy atom. The summed E-state index contributed by atoms with van der Waals surface area (Å²) in [5, 5.41) is 6.03. The molecule has 29 heavy (non-hydrogen) atoms. The molecule has 0 bridgehead atoms. The number of aryl methyl sites for hydroxylation is 1. The summed E-state index contributed by atoms with van der Waals surface area (Å²) in [4.78, 5) is 17.2. The molecule has 1 amide bonds. The van der Waals surface area contributed by atoms with Crippen molar-refractivity contribution in [1.29, 1.82) is 0 Å². The Bertz CT molecular complexity index is 837. The van der Waals surface area contributed by atoms with E-state index in [0.717, 1.165) is 25.0 Å². The summed E-state index contributed by atoms with van der Waals surface area (Å²) < 4.78 is 16.3. The number of nitrogens with zero attached hydrogens (tertiary/aromatic N) is 1. The maximum Gasteiger partial charge on any atom is 0.257 e. The lowest BCUT2D eigenvalue weighted by molar-refractivity contribution is 0.0975. The van der Waals surface area contributed by atoms with Gasteiger partial charge in [-0.15, -0.1) is 0 Å². The first-order valence-corrected chi connectivity index (χ1v) is 9.61. The Morgan fingerprint density at radius 1 is 1.14 bits per heavy atom. The maximum absolute atomic E-state index is 12.7. The van der Waals surface area contributed by atoms with Crippen LogP contribution in [0.25, 0.3) is 0 Å². The van der Waals surface area contributed by atoms with Crippen LogP contribution in [-0.2, 0) is 4.74 Å². The molecule has 2 aromatic carbocycles. The first-order valence-electron chi connectivity index (χ1n) is 9.61. The summed E-state index contributed by atoms with van der Waals surface area (Å²) >= 11 is 0. The molecule has 1 atom stereocenters. The minimum absolute atomic E-state index is 0.0722. The summed E-state index contributed by atoms with van der Waals surface area (Å²) in [6.45, 7) is 3.21. The number of hydrogen-bond donors (Lipinski definition) is 2. The Kier molecular flexibility index (Phi) is 7.08. The standard InChI is InChI=1S/C22H27N3O4/c1-15-6-8-16(9-7-15)21(26)25-22(23-14-18-5-4-10-29-18)24-17-11-19(27-2)13-20(12-17)28-3/h6-9,11-13,18H,4-5,10,14H2,1-3H3,(H2,23,24,25,26)/t18-/m1/s1. The Hall–Kier alpha value is -3.06. The van der Waals surface area contributed by atoms with Crippen molar-refractivity contribution in [3.05, 3.63) is 53.6 Å². The molecular formula is C22H27N3O4. The number of carbonyl (C=O) groups excluding carboxylic acids is 1. The zero-order chi connectivity index (χ0) is 20.6. The summed E-state index contributed by atoms with van der Waals surface area (Å²) in [7, 11) is 3.17. The fourth-order valence-corrected chi connectivity index (χ4v) is 2.99. The van der Waals surface area contributed by atoms with Crippen LogP contribution in [0, 0.1) is 6.92 Å². The lowest BCUT2D eigenvalue weighted by atomic mass is 10.1. The van der Waals surface area contributed by atoms with Crippen molar-refractivity contribution >= 4 is 17.6 Å². The summed E-state index contributed by atoms with van der Waals surface area (Å²) in [5.41, 5.74) is 2.34. The second-order valence-electron chi connectivity index (χ2n) is 6.87. The molecule has 1 fully saturated rings. The topological polar surface area (TPSA) is 81.2 Å². The van der Waals surface area contributed by atoms with Crippen LogP contribution in [0.1, 0.15) is 28.8 Å². The van der Waals surface area contributed by atoms with Gasteiger partial charge < -0.3 is 19.5 Å². The van der Waals surface area contributed by atoms with Crippen molar-refractivity contribution in [2.45, 2.75) is 25.9 Å². The van der Waals surface area contributed by atoms with Gasteiger partial charge in [0.2, 0.25) is 5.96 Å². The number of hydrogen-bond acceptors (Lipinski definition) is 5. The van der Waals surface area contributed by atoms with E-state index in [0.29, 0.717) is 35.3 Å². The molecule has 0 aliphatic carbocycles. The number of carbonyl (C=O) groups is 1. The van der Waals surface area contributed by atoms with Gasteiger partial charge in [0.1, 0.15) is 11.5 Å². The van der Waals surface area contributed by atoms with Crippen LogP contribution >= 0.6 is 0 Å². The molecular weight excluding hydrogens is 370 g/mol. The van der Waals surface area contributed by atoms with Crippen molar-refractivity contribution in [1.82, 2.24) is 5.32 Å². The van der Waals surface area contributed by atoms with Gasteiger partial charge in [-0.05, 0) is 31.9 Å². The first kappa shape index (κ1) is 20.7. The van der Waals surface area contributed by atoms with E-state index in [9.17, 15) is 4.79 Å². The molecule has 0 unspecified atom stereocenters. The number of methoxy groups -OCH3 is 2. The number of benzene rings is 2. The lowest BCUT2D eigenvalue weighted by Gasteiger charge is -2.15. The minimum Gasteiger partial charge on any atom is -0.497 e. The highest BCUT2D eigenvalue weighted by Crippen LogP contribution is 2.25. The van der Waals surface area contributed by atoms with E-state index >= 15 is 0 Å². The fourth-order valence-electron chi connectivity index (χ4n) is 2.99. The van der Waals surface area contributed by atoms with Crippen molar-refractivity contribution in [2.75, 3.05) is 32.7 Å². The molecule has 3 rings (SSSR count). The molecule has 0 spiro atoms. The third-order valence-electron chi connectivity index (χ3n) is 4.64. The van der Waals surface area contributed by atoms with Gasteiger partial charge >= 0.3 is 0 Å². The third kappa shape index (κ3) is 5.96. The number of anilines is 1. The van der Waals surface area contributed by atoms with Crippen molar-refractivity contribution in [3.8, 4) is 11.5 Å². The highest BCUT2D eigenvalue weighted by molar-refractivity contribution is 6.10. The Labute approximate surface area is 171 Å². The van der Waals surface area contributed by atoms with E-state index in [4.69, 9.17) is 14.2 Å². The molecule has 2 N–H and O–H groups in total. The predicted octanol–water partition coefficient (Wildman–Crippen LogP) is 3.39. The highest BCUT2D eigenvalue weighted by atomic mass is 16.5. The number of guanidine groups is 1. The normalized spacial score (nSPS) is 16.4. The second-order valence-corrected chi connectivity index (χ2v) is 6.87. The van der Waals surface area contributed by atoms with E-state index in [1.807, 2.05) is 31.2 Å².